The van der Waals surface area contributed by atoms with E-state index in [0.717, 1.165) is 29.8 Å². The first-order valence-corrected chi connectivity index (χ1v) is 6.83. The van der Waals surface area contributed by atoms with E-state index in [2.05, 4.69) is 18.0 Å². The van der Waals surface area contributed by atoms with Crippen LogP contribution in [0.25, 0.3) is 11.0 Å². The second kappa shape index (κ2) is 4.58. The quantitative estimate of drug-likeness (QED) is 0.851. The minimum atomic E-state index is -0.0513. The average molecular weight is 255 g/mol. The van der Waals surface area contributed by atoms with Crippen LogP contribution in [0.4, 0.5) is 0 Å². The predicted molar refractivity (Wildman–Crippen MR) is 73.9 cm³/mol. The SMILES string of the molecule is C[C@H]1CC[C@@H](n2c(=O)[nH]c3cc(C#N)ccc32)CC1. The van der Waals surface area contributed by atoms with Crippen molar-refractivity contribution in [1.82, 2.24) is 9.55 Å². The van der Waals surface area contributed by atoms with Gasteiger partial charge in [-0.25, -0.2) is 4.79 Å². The molecular weight excluding hydrogens is 238 g/mol. The summed E-state index contributed by atoms with van der Waals surface area (Å²) in [5, 5.41) is 8.90. The number of hydrogen-bond acceptors (Lipinski definition) is 2. The Morgan fingerprint density at radius 1 is 1.32 bits per heavy atom. The fourth-order valence-corrected chi connectivity index (χ4v) is 3.06. The molecule has 1 saturated carbocycles. The van der Waals surface area contributed by atoms with Crippen LogP contribution in [0.1, 0.15) is 44.2 Å². The van der Waals surface area contributed by atoms with Crippen molar-refractivity contribution >= 4 is 11.0 Å². The minimum absolute atomic E-state index is 0.0513. The van der Waals surface area contributed by atoms with Crippen molar-refractivity contribution in [3.05, 3.63) is 34.2 Å². The smallest absolute Gasteiger partial charge is 0.305 e. The highest BCUT2D eigenvalue weighted by Crippen LogP contribution is 2.32. The van der Waals surface area contributed by atoms with Crippen LogP contribution in [0.15, 0.2) is 23.0 Å². The van der Waals surface area contributed by atoms with Crippen LogP contribution in [0.3, 0.4) is 0 Å². The van der Waals surface area contributed by atoms with Gasteiger partial charge in [-0.05, 0) is 49.8 Å². The zero-order valence-electron chi connectivity index (χ0n) is 11.0. The van der Waals surface area contributed by atoms with Gasteiger partial charge in [-0.15, -0.1) is 0 Å². The van der Waals surface area contributed by atoms with E-state index in [1.807, 2.05) is 10.6 Å². The molecule has 1 aromatic heterocycles. The number of benzene rings is 1. The van der Waals surface area contributed by atoms with Crippen LogP contribution in [0, 0.1) is 17.2 Å². The van der Waals surface area contributed by atoms with Crippen LogP contribution in [0.5, 0.6) is 0 Å². The van der Waals surface area contributed by atoms with Crippen molar-refractivity contribution in [2.45, 2.75) is 38.6 Å². The van der Waals surface area contributed by atoms with Gasteiger partial charge in [0.2, 0.25) is 0 Å². The third-order valence-electron chi connectivity index (χ3n) is 4.20. The molecule has 1 aliphatic rings. The minimum Gasteiger partial charge on any atom is -0.305 e. The molecule has 0 saturated heterocycles. The summed E-state index contributed by atoms with van der Waals surface area (Å²) < 4.78 is 1.88. The molecule has 0 amide bonds. The number of hydrogen-bond donors (Lipinski definition) is 1. The van der Waals surface area contributed by atoms with Gasteiger partial charge in [0.1, 0.15) is 0 Å². The van der Waals surface area contributed by atoms with E-state index < -0.39 is 0 Å². The molecular formula is C15H17N3O. The van der Waals surface area contributed by atoms with Crippen LogP contribution < -0.4 is 5.69 Å². The average Bonchev–Trinajstić information content (AvgIpc) is 2.74. The first-order valence-electron chi connectivity index (χ1n) is 6.83. The number of nitriles is 1. The Balaban J connectivity index is 2.06. The van der Waals surface area contributed by atoms with Crippen LogP contribution >= 0.6 is 0 Å². The molecule has 0 spiro atoms. The molecule has 2 aromatic rings. The van der Waals surface area contributed by atoms with Gasteiger partial charge in [-0.2, -0.15) is 5.26 Å². The zero-order chi connectivity index (χ0) is 13.4. The number of aromatic nitrogens is 2. The van der Waals surface area contributed by atoms with Crippen molar-refractivity contribution in [2.75, 3.05) is 0 Å². The maximum atomic E-state index is 12.1. The van der Waals surface area contributed by atoms with Crippen molar-refractivity contribution in [2.24, 2.45) is 5.92 Å². The number of nitrogens with one attached hydrogen (secondary N) is 1. The molecule has 1 heterocycles. The maximum absolute atomic E-state index is 12.1. The second-order valence-corrected chi connectivity index (χ2v) is 5.56. The highest BCUT2D eigenvalue weighted by Gasteiger charge is 2.22. The second-order valence-electron chi connectivity index (χ2n) is 5.56. The van der Waals surface area contributed by atoms with Gasteiger partial charge in [-0.1, -0.05) is 6.92 Å². The Bertz CT molecular complexity index is 696. The molecule has 98 valence electrons. The van der Waals surface area contributed by atoms with Crippen molar-refractivity contribution in [3.8, 4) is 6.07 Å². The molecule has 4 nitrogen and oxygen atoms in total. The van der Waals surface area contributed by atoms with Gasteiger partial charge >= 0.3 is 5.69 Å². The summed E-state index contributed by atoms with van der Waals surface area (Å²) in [7, 11) is 0. The summed E-state index contributed by atoms with van der Waals surface area (Å²) in [6.07, 6.45) is 4.49. The summed E-state index contributed by atoms with van der Waals surface area (Å²) in [5.74, 6) is 0.766. The first-order chi connectivity index (χ1) is 9.19. The van der Waals surface area contributed by atoms with E-state index in [-0.39, 0.29) is 5.69 Å². The Morgan fingerprint density at radius 3 is 2.74 bits per heavy atom. The maximum Gasteiger partial charge on any atom is 0.326 e. The molecule has 0 unspecified atom stereocenters. The third-order valence-corrected chi connectivity index (χ3v) is 4.20. The van der Waals surface area contributed by atoms with E-state index in [1.54, 1.807) is 12.1 Å². The standard InChI is InChI=1S/C15H17N3O/c1-10-2-5-12(6-3-10)18-14-7-4-11(9-16)8-13(14)17-15(18)19/h4,7-8,10,12H,2-3,5-6H2,1H3,(H,17,19)/t10-,12+. The van der Waals surface area contributed by atoms with E-state index in [0.29, 0.717) is 11.6 Å². The van der Waals surface area contributed by atoms with Crippen LogP contribution in [0.2, 0.25) is 0 Å². The van der Waals surface area contributed by atoms with Crippen LogP contribution in [-0.2, 0) is 0 Å². The lowest BCUT2D eigenvalue weighted by Crippen LogP contribution is -2.25. The molecule has 1 N–H and O–H groups in total. The third kappa shape index (κ3) is 2.06. The summed E-state index contributed by atoms with van der Waals surface area (Å²) in [5.41, 5.74) is 2.22. The summed E-state index contributed by atoms with van der Waals surface area (Å²) in [4.78, 5) is 15.0. The fraction of sp³-hybridized carbons (Fsp3) is 0.467. The Hall–Kier alpha value is -2.02. The Morgan fingerprint density at radius 2 is 2.05 bits per heavy atom. The molecule has 19 heavy (non-hydrogen) atoms. The van der Waals surface area contributed by atoms with Gasteiger partial charge in [-0.3, -0.25) is 4.57 Å². The van der Waals surface area contributed by atoms with Crippen molar-refractivity contribution in [1.29, 1.82) is 5.26 Å². The zero-order valence-corrected chi connectivity index (χ0v) is 11.0. The number of rotatable bonds is 1. The van der Waals surface area contributed by atoms with Crippen molar-refractivity contribution < 1.29 is 0 Å². The monoisotopic (exact) mass is 255 g/mol. The van der Waals surface area contributed by atoms with E-state index in [4.69, 9.17) is 5.26 Å². The molecule has 1 aromatic carbocycles. The van der Waals surface area contributed by atoms with E-state index >= 15 is 0 Å². The highest BCUT2D eigenvalue weighted by atomic mass is 16.1. The summed E-state index contributed by atoms with van der Waals surface area (Å²) >= 11 is 0. The van der Waals surface area contributed by atoms with Gasteiger partial charge in [0.15, 0.2) is 0 Å². The lowest BCUT2D eigenvalue weighted by molar-refractivity contribution is 0.290. The molecule has 0 aliphatic heterocycles. The molecule has 0 radical (unpaired) electrons. The van der Waals surface area contributed by atoms with Gasteiger partial charge in [0.25, 0.3) is 0 Å². The fourth-order valence-electron chi connectivity index (χ4n) is 3.06. The molecule has 3 rings (SSSR count). The topological polar surface area (TPSA) is 61.6 Å². The number of nitrogens with zero attached hydrogens (tertiary/aromatic N) is 2. The molecule has 4 heteroatoms. The van der Waals surface area contributed by atoms with Gasteiger partial charge in [0.05, 0.1) is 22.7 Å². The summed E-state index contributed by atoms with van der Waals surface area (Å²) in [6, 6.07) is 7.80. The van der Waals surface area contributed by atoms with Crippen LogP contribution in [-0.4, -0.2) is 9.55 Å². The van der Waals surface area contributed by atoms with E-state index in [9.17, 15) is 4.79 Å². The van der Waals surface area contributed by atoms with E-state index in [1.165, 1.54) is 12.8 Å². The number of H-pyrrole nitrogens is 1. The normalized spacial score (nSPS) is 23.4. The molecule has 1 fully saturated rings. The lowest BCUT2D eigenvalue weighted by Gasteiger charge is -2.27. The predicted octanol–water partition coefficient (Wildman–Crippen LogP) is 2.95. The first kappa shape index (κ1) is 12.0. The van der Waals surface area contributed by atoms with Crippen molar-refractivity contribution in [3.63, 3.8) is 0 Å². The number of imidazole rings is 1. The number of aromatic amines is 1. The largest absolute Gasteiger partial charge is 0.326 e. The Kier molecular flexibility index (Phi) is 2.90. The summed E-state index contributed by atoms with van der Waals surface area (Å²) in [6.45, 7) is 2.27. The van der Waals surface area contributed by atoms with Gasteiger partial charge in [0, 0.05) is 6.04 Å². The Labute approximate surface area is 111 Å². The molecule has 1 aliphatic carbocycles. The molecule has 0 atom stereocenters. The van der Waals surface area contributed by atoms with Gasteiger partial charge < -0.3 is 4.98 Å². The number of fused-ring (bicyclic) bond motifs is 1. The molecule has 0 bridgehead atoms. The lowest BCUT2D eigenvalue weighted by atomic mass is 9.87. The highest BCUT2D eigenvalue weighted by molar-refractivity contribution is 5.77.